The van der Waals surface area contributed by atoms with E-state index in [1.165, 1.54) is 25.3 Å². The number of nitrogens with zero attached hydrogens (tertiary/aromatic N) is 1. The van der Waals surface area contributed by atoms with Crippen LogP contribution in [0.15, 0.2) is 18.2 Å². The lowest BCUT2D eigenvalue weighted by molar-refractivity contribution is 0.0815. The van der Waals surface area contributed by atoms with Crippen LogP contribution in [0, 0.1) is 11.7 Å². The van der Waals surface area contributed by atoms with Crippen LogP contribution in [-0.2, 0) is 0 Å². The Morgan fingerprint density at radius 1 is 1.26 bits per heavy atom. The van der Waals surface area contributed by atoms with Crippen molar-refractivity contribution in [3.8, 4) is 5.75 Å². The molecule has 3 nitrogen and oxygen atoms in total. The summed E-state index contributed by atoms with van der Waals surface area (Å²) >= 11 is 0. The second-order valence-corrected chi connectivity index (χ2v) is 5.60. The van der Waals surface area contributed by atoms with Crippen molar-refractivity contribution in [2.75, 3.05) is 26.2 Å². The number of hydrogen-bond donors (Lipinski definition) is 2. The number of para-hydroxylation sites is 1. The molecule has 1 aromatic carbocycles. The Morgan fingerprint density at radius 3 is 2.63 bits per heavy atom. The van der Waals surface area contributed by atoms with Gasteiger partial charge in [0.05, 0.1) is 0 Å². The van der Waals surface area contributed by atoms with Crippen molar-refractivity contribution < 1.29 is 9.50 Å². The van der Waals surface area contributed by atoms with Crippen LogP contribution in [0.3, 0.4) is 0 Å². The molecule has 1 saturated carbocycles. The van der Waals surface area contributed by atoms with Crippen LogP contribution in [0.25, 0.3) is 0 Å². The highest BCUT2D eigenvalue weighted by Crippen LogP contribution is 2.44. The van der Waals surface area contributed by atoms with Crippen LogP contribution >= 0.6 is 0 Å². The molecule has 3 rings (SSSR count). The minimum atomic E-state index is -0.503. The zero-order valence-corrected chi connectivity index (χ0v) is 11.1. The lowest BCUT2D eigenvalue weighted by Crippen LogP contribution is -2.47. The zero-order chi connectivity index (χ0) is 13.2. The second-order valence-electron chi connectivity index (χ2n) is 5.60. The first-order valence-electron chi connectivity index (χ1n) is 7.19. The summed E-state index contributed by atoms with van der Waals surface area (Å²) in [5.41, 5.74) is 0.770. The van der Waals surface area contributed by atoms with Crippen molar-refractivity contribution in [3.63, 3.8) is 0 Å². The Balaban J connectivity index is 1.91. The molecule has 4 heteroatoms. The minimum Gasteiger partial charge on any atom is -0.505 e. The van der Waals surface area contributed by atoms with E-state index in [4.69, 9.17) is 0 Å². The van der Waals surface area contributed by atoms with E-state index >= 15 is 0 Å². The van der Waals surface area contributed by atoms with Gasteiger partial charge < -0.3 is 10.4 Å². The van der Waals surface area contributed by atoms with Crippen LogP contribution in [0.2, 0.25) is 0 Å². The average Bonchev–Trinajstić information content (AvgIpc) is 2.38. The summed E-state index contributed by atoms with van der Waals surface area (Å²) in [6, 6.07) is 5.09. The van der Waals surface area contributed by atoms with E-state index < -0.39 is 5.82 Å². The maximum Gasteiger partial charge on any atom is 0.165 e. The third kappa shape index (κ3) is 2.47. The molecular weight excluding hydrogens is 243 g/mol. The summed E-state index contributed by atoms with van der Waals surface area (Å²) < 4.78 is 13.6. The fourth-order valence-electron chi connectivity index (χ4n) is 3.24. The first-order valence-corrected chi connectivity index (χ1v) is 7.19. The van der Waals surface area contributed by atoms with Gasteiger partial charge in [0, 0.05) is 37.8 Å². The highest BCUT2D eigenvalue weighted by atomic mass is 19.1. The molecule has 0 spiro atoms. The smallest absolute Gasteiger partial charge is 0.165 e. The van der Waals surface area contributed by atoms with E-state index in [0.717, 1.165) is 31.7 Å². The Hall–Kier alpha value is -1.13. The molecule has 1 aromatic rings. The van der Waals surface area contributed by atoms with Gasteiger partial charge in [0.1, 0.15) is 0 Å². The number of phenolic OH excluding ortho intramolecular Hbond substituents is 1. The first-order chi connectivity index (χ1) is 9.27. The van der Waals surface area contributed by atoms with Crippen molar-refractivity contribution >= 4 is 0 Å². The van der Waals surface area contributed by atoms with Crippen molar-refractivity contribution in [1.29, 1.82) is 0 Å². The SMILES string of the molecule is Oc1c(F)cccc1[C@H](C1CCC1)N1CCNCC1. The zero-order valence-electron chi connectivity index (χ0n) is 11.1. The van der Waals surface area contributed by atoms with Crippen LogP contribution in [-0.4, -0.2) is 36.2 Å². The molecule has 1 aliphatic heterocycles. The maximum atomic E-state index is 13.6. The van der Waals surface area contributed by atoms with Crippen molar-refractivity contribution in [3.05, 3.63) is 29.6 Å². The van der Waals surface area contributed by atoms with E-state index in [-0.39, 0.29) is 11.8 Å². The summed E-state index contributed by atoms with van der Waals surface area (Å²) in [5.74, 6) is -0.0966. The lowest BCUT2D eigenvalue weighted by Gasteiger charge is -2.43. The van der Waals surface area contributed by atoms with Gasteiger partial charge in [-0.3, -0.25) is 4.90 Å². The number of benzene rings is 1. The summed E-state index contributed by atoms with van der Waals surface area (Å²) in [7, 11) is 0. The van der Waals surface area contributed by atoms with E-state index in [2.05, 4.69) is 10.2 Å². The predicted octanol–water partition coefficient (Wildman–Crippen LogP) is 2.28. The van der Waals surface area contributed by atoms with Gasteiger partial charge in [-0.05, 0) is 24.8 Å². The third-order valence-corrected chi connectivity index (χ3v) is 4.48. The molecule has 2 fully saturated rings. The van der Waals surface area contributed by atoms with Gasteiger partial charge >= 0.3 is 0 Å². The molecule has 1 heterocycles. The molecule has 104 valence electrons. The molecule has 19 heavy (non-hydrogen) atoms. The standard InChI is InChI=1S/C15H21FN2O/c16-13-6-2-5-12(15(13)19)14(11-3-1-4-11)18-9-7-17-8-10-18/h2,5-6,11,14,17,19H,1,3-4,7-10H2/t14-/m0/s1. The van der Waals surface area contributed by atoms with E-state index in [1.807, 2.05) is 6.07 Å². The fourth-order valence-corrected chi connectivity index (χ4v) is 3.24. The van der Waals surface area contributed by atoms with E-state index in [9.17, 15) is 9.50 Å². The molecule has 1 atom stereocenters. The first kappa shape index (κ1) is 12.9. The molecular formula is C15H21FN2O. The van der Waals surface area contributed by atoms with Crippen molar-refractivity contribution in [2.45, 2.75) is 25.3 Å². The number of piperazine rings is 1. The number of nitrogens with one attached hydrogen (secondary N) is 1. The average molecular weight is 264 g/mol. The summed E-state index contributed by atoms with van der Waals surface area (Å²) in [6.45, 7) is 3.88. The van der Waals surface area contributed by atoms with E-state index in [0.29, 0.717) is 5.92 Å². The molecule has 1 aliphatic carbocycles. The molecule has 0 bridgehead atoms. The Bertz CT molecular complexity index is 442. The van der Waals surface area contributed by atoms with Gasteiger partial charge in [0.2, 0.25) is 0 Å². The van der Waals surface area contributed by atoms with Gasteiger partial charge in [-0.25, -0.2) is 4.39 Å². The quantitative estimate of drug-likeness (QED) is 0.879. The predicted molar refractivity (Wildman–Crippen MR) is 72.6 cm³/mol. The van der Waals surface area contributed by atoms with Crippen LogP contribution < -0.4 is 5.32 Å². The van der Waals surface area contributed by atoms with Gasteiger partial charge in [0.15, 0.2) is 11.6 Å². The van der Waals surface area contributed by atoms with Crippen LogP contribution in [0.1, 0.15) is 30.9 Å². The number of phenols is 1. The Labute approximate surface area is 113 Å². The van der Waals surface area contributed by atoms with E-state index in [1.54, 1.807) is 6.07 Å². The van der Waals surface area contributed by atoms with Crippen molar-refractivity contribution in [1.82, 2.24) is 10.2 Å². The Morgan fingerprint density at radius 2 is 2.00 bits per heavy atom. The van der Waals surface area contributed by atoms with Crippen molar-refractivity contribution in [2.24, 2.45) is 5.92 Å². The molecule has 0 amide bonds. The normalized spacial score (nSPS) is 23.0. The topological polar surface area (TPSA) is 35.5 Å². The maximum absolute atomic E-state index is 13.6. The molecule has 0 aromatic heterocycles. The Kier molecular flexibility index (Phi) is 3.71. The van der Waals surface area contributed by atoms with Crippen LogP contribution in [0.4, 0.5) is 4.39 Å². The molecule has 0 radical (unpaired) electrons. The lowest BCUT2D eigenvalue weighted by atomic mass is 9.76. The fraction of sp³-hybridized carbons (Fsp3) is 0.600. The largest absolute Gasteiger partial charge is 0.505 e. The number of hydrogen-bond acceptors (Lipinski definition) is 3. The van der Waals surface area contributed by atoms with Gasteiger partial charge in [0.25, 0.3) is 0 Å². The molecule has 2 N–H and O–H groups in total. The number of aromatic hydroxyl groups is 1. The van der Waals surface area contributed by atoms with Crippen LogP contribution in [0.5, 0.6) is 5.75 Å². The van der Waals surface area contributed by atoms with Gasteiger partial charge in [-0.15, -0.1) is 0 Å². The number of halogens is 1. The number of rotatable bonds is 3. The highest BCUT2D eigenvalue weighted by Gasteiger charge is 2.35. The minimum absolute atomic E-state index is 0.155. The molecule has 2 aliphatic rings. The highest BCUT2D eigenvalue weighted by molar-refractivity contribution is 5.37. The summed E-state index contributed by atoms with van der Waals surface area (Å²) in [6.07, 6.45) is 3.62. The van der Waals surface area contributed by atoms with Gasteiger partial charge in [-0.2, -0.15) is 0 Å². The molecule has 1 saturated heterocycles. The summed E-state index contributed by atoms with van der Waals surface area (Å²) in [5, 5.41) is 13.4. The monoisotopic (exact) mass is 264 g/mol. The van der Waals surface area contributed by atoms with Gasteiger partial charge in [-0.1, -0.05) is 18.6 Å². The second kappa shape index (κ2) is 5.47. The molecule has 0 unspecified atom stereocenters. The summed E-state index contributed by atoms with van der Waals surface area (Å²) in [4.78, 5) is 2.40. The third-order valence-electron chi connectivity index (χ3n) is 4.48.